The highest BCUT2D eigenvalue weighted by atomic mass is 127. The Morgan fingerprint density at radius 2 is 1.97 bits per heavy atom. The van der Waals surface area contributed by atoms with E-state index in [0.717, 1.165) is 38.4 Å². The predicted molar refractivity (Wildman–Crippen MR) is 133 cm³/mol. The van der Waals surface area contributed by atoms with E-state index in [1.165, 1.54) is 16.1 Å². The largest absolute Gasteiger partial charge is 0.357 e. The van der Waals surface area contributed by atoms with E-state index in [2.05, 4.69) is 54.4 Å². The van der Waals surface area contributed by atoms with Gasteiger partial charge in [0.2, 0.25) is 10.0 Å². The van der Waals surface area contributed by atoms with Crippen molar-refractivity contribution in [1.82, 2.24) is 14.5 Å². The Hall–Kier alpha value is -0.870. The van der Waals surface area contributed by atoms with E-state index in [-0.39, 0.29) is 24.0 Å². The summed E-state index contributed by atoms with van der Waals surface area (Å²) in [6.07, 6.45) is 3.11. The van der Waals surface area contributed by atoms with Gasteiger partial charge in [0.1, 0.15) is 0 Å². The van der Waals surface area contributed by atoms with Crippen LogP contribution in [0.1, 0.15) is 45.1 Å². The van der Waals surface area contributed by atoms with Crippen LogP contribution in [0.5, 0.6) is 0 Å². The molecule has 1 aromatic carbocycles. The summed E-state index contributed by atoms with van der Waals surface area (Å²) < 4.78 is 24.9. The van der Waals surface area contributed by atoms with Crippen molar-refractivity contribution in [2.45, 2.75) is 39.5 Å². The number of likely N-dealkylation sites (tertiary alicyclic amines) is 1. The summed E-state index contributed by atoms with van der Waals surface area (Å²) in [6, 6.07) is 10.8. The van der Waals surface area contributed by atoms with Gasteiger partial charge in [-0.1, -0.05) is 44.2 Å². The number of hydrogen-bond acceptors (Lipinski definition) is 3. The van der Waals surface area contributed by atoms with Crippen molar-refractivity contribution in [3.8, 4) is 0 Å². The lowest BCUT2D eigenvalue weighted by Crippen LogP contribution is -2.48. The minimum Gasteiger partial charge on any atom is -0.357 e. The van der Waals surface area contributed by atoms with Gasteiger partial charge in [-0.3, -0.25) is 4.99 Å². The van der Waals surface area contributed by atoms with Gasteiger partial charge in [-0.15, -0.1) is 24.0 Å². The Morgan fingerprint density at radius 1 is 1.28 bits per heavy atom. The van der Waals surface area contributed by atoms with Gasteiger partial charge in [-0.05, 0) is 37.2 Å². The van der Waals surface area contributed by atoms with Crippen LogP contribution in [0.2, 0.25) is 0 Å². The van der Waals surface area contributed by atoms with Crippen molar-refractivity contribution in [3.05, 3.63) is 35.9 Å². The number of rotatable bonds is 8. The van der Waals surface area contributed by atoms with Crippen LogP contribution in [0.4, 0.5) is 0 Å². The molecular weight excluding hydrogens is 499 g/mol. The highest BCUT2D eigenvalue weighted by Crippen LogP contribution is 2.32. The van der Waals surface area contributed by atoms with Crippen molar-refractivity contribution in [2.75, 3.05) is 45.5 Å². The molecule has 1 N–H and O–H groups in total. The molecule has 0 radical (unpaired) electrons. The fraction of sp³-hybridized carbons (Fsp3) is 0.667. The van der Waals surface area contributed by atoms with Crippen LogP contribution >= 0.6 is 24.0 Å². The molecule has 166 valence electrons. The van der Waals surface area contributed by atoms with E-state index in [4.69, 9.17) is 4.99 Å². The van der Waals surface area contributed by atoms with Gasteiger partial charge in [0.05, 0.1) is 6.26 Å². The standard InChI is InChI=1S/C21H36N4O2S.HI/c1-5-22-21(23-14-10-15-25(6-2)28(4,26)27)24-16-13-20(18(3)17-24)19-11-8-7-9-12-19;/h7-9,11-12,18,20H,5-6,10,13-17H2,1-4H3,(H,22,23);1H. The molecule has 2 rings (SSSR count). The first kappa shape index (κ1) is 26.2. The van der Waals surface area contributed by atoms with E-state index >= 15 is 0 Å². The average molecular weight is 537 g/mol. The van der Waals surface area contributed by atoms with E-state index < -0.39 is 10.0 Å². The summed E-state index contributed by atoms with van der Waals surface area (Å²) in [4.78, 5) is 7.12. The second kappa shape index (κ2) is 12.7. The fourth-order valence-corrected chi connectivity index (χ4v) is 4.88. The highest BCUT2D eigenvalue weighted by molar-refractivity contribution is 14.0. The Balaban J connectivity index is 0.00000420. The molecule has 1 fully saturated rings. The second-order valence-electron chi connectivity index (χ2n) is 7.57. The first-order valence-corrected chi connectivity index (χ1v) is 12.2. The number of benzene rings is 1. The molecule has 1 aliphatic heterocycles. The quantitative estimate of drug-likeness (QED) is 0.240. The number of nitrogens with one attached hydrogen (secondary N) is 1. The average Bonchev–Trinajstić information content (AvgIpc) is 2.66. The van der Waals surface area contributed by atoms with Gasteiger partial charge in [-0.2, -0.15) is 0 Å². The third-order valence-corrected chi connectivity index (χ3v) is 6.80. The SMILES string of the molecule is CCNC(=NCCCN(CC)S(C)(=O)=O)N1CCC(c2ccccc2)C(C)C1.I. The zero-order chi connectivity index (χ0) is 20.6. The van der Waals surface area contributed by atoms with E-state index in [1.54, 1.807) is 0 Å². The molecule has 2 atom stereocenters. The molecule has 1 aliphatic rings. The second-order valence-corrected chi connectivity index (χ2v) is 9.56. The molecule has 1 heterocycles. The van der Waals surface area contributed by atoms with Gasteiger partial charge >= 0.3 is 0 Å². The summed E-state index contributed by atoms with van der Waals surface area (Å²) in [6.45, 7) is 10.7. The molecule has 0 saturated carbocycles. The molecule has 1 saturated heterocycles. The first-order chi connectivity index (χ1) is 13.4. The molecule has 29 heavy (non-hydrogen) atoms. The molecular formula is C21H37IN4O2S. The highest BCUT2D eigenvalue weighted by Gasteiger charge is 2.28. The predicted octanol–water partition coefficient (Wildman–Crippen LogP) is 3.37. The molecule has 0 aromatic heterocycles. The number of guanidine groups is 1. The summed E-state index contributed by atoms with van der Waals surface area (Å²) in [5, 5.41) is 3.40. The number of aliphatic imine (C=N–C) groups is 1. The summed E-state index contributed by atoms with van der Waals surface area (Å²) >= 11 is 0. The van der Waals surface area contributed by atoms with Crippen molar-refractivity contribution in [2.24, 2.45) is 10.9 Å². The van der Waals surface area contributed by atoms with Crippen LogP contribution in [-0.4, -0.2) is 69.1 Å². The van der Waals surface area contributed by atoms with Gasteiger partial charge in [0, 0.05) is 39.3 Å². The molecule has 6 nitrogen and oxygen atoms in total. The van der Waals surface area contributed by atoms with E-state index in [9.17, 15) is 8.42 Å². The molecule has 2 unspecified atom stereocenters. The van der Waals surface area contributed by atoms with Crippen LogP contribution in [0, 0.1) is 5.92 Å². The number of sulfonamides is 1. The molecule has 0 amide bonds. The minimum absolute atomic E-state index is 0. The Kier molecular flexibility index (Phi) is 11.5. The molecule has 8 heteroatoms. The summed E-state index contributed by atoms with van der Waals surface area (Å²) in [7, 11) is -3.13. The van der Waals surface area contributed by atoms with Crippen molar-refractivity contribution in [1.29, 1.82) is 0 Å². The van der Waals surface area contributed by atoms with Gasteiger partial charge in [0.25, 0.3) is 0 Å². The van der Waals surface area contributed by atoms with Crippen molar-refractivity contribution >= 4 is 40.0 Å². The third-order valence-electron chi connectivity index (χ3n) is 5.42. The van der Waals surface area contributed by atoms with Crippen LogP contribution in [-0.2, 0) is 10.0 Å². The topological polar surface area (TPSA) is 65.0 Å². The number of piperidine rings is 1. The lowest BCUT2D eigenvalue weighted by Gasteiger charge is -2.39. The number of halogens is 1. The van der Waals surface area contributed by atoms with Crippen LogP contribution in [0.25, 0.3) is 0 Å². The lowest BCUT2D eigenvalue weighted by molar-refractivity contribution is 0.234. The molecule has 0 spiro atoms. The number of nitrogens with zero attached hydrogens (tertiary/aromatic N) is 3. The normalized spacial score (nSPS) is 20.4. The van der Waals surface area contributed by atoms with Crippen LogP contribution in [0.15, 0.2) is 35.3 Å². The molecule has 0 aliphatic carbocycles. The third kappa shape index (κ3) is 8.05. The smallest absolute Gasteiger partial charge is 0.211 e. The Bertz CT molecular complexity index is 727. The maximum Gasteiger partial charge on any atom is 0.211 e. The van der Waals surface area contributed by atoms with Crippen LogP contribution < -0.4 is 5.32 Å². The van der Waals surface area contributed by atoms with Crippen LogP contribution in [0.3, 0.4) is 0 Å². The zero-order valence-electron chi connectivity index (χ0n) is 18.2. The summed E-state index contributed by atoms with van der Waals surface area (Å²) in [5.74, 6) is 2.09. The first-order valence-electron chi connectivity index (χ1n) is 10.4. The molecule has 0 bridgehead atoms. The fourth-order valence-electron chi connectivity index (χ4n) is 3.95. The van der Waals surface area contributed by atoms with E-state index in [1.807, 2.05) is 6.92 Å². The minimum atomic E-state index is -3.13. The Morgan fingerprint density at radius 3 is 2.52 bits per heavy atom. The van der Waals surface area contributed by atoms with Crippen molar-refractivity contribution in [3.63, 3.8) is 0 Å². The maximum absolute atomic E-state index is 11.7. The van der Waals surface area contributed by atoms with Crippen molar-refractivity contribution < 1.29 is 8.42 Å². The maximum atomic E-state index is 11.7. The Labute approximate surface area is 194 Å². The monoisotopic (exact) mass is 536 g/mol. The van der Waals surface area contributed by atoms with Gasteiger partial charge in [-0.25, -0.2) is 12.7 Å². The zero-order valence-corrected chi connectivity index (χ0v) is 21.3. The molecule has 1 aromatic rings. The van der Waals surface area contributed by atoms with Gasteiger partial charge < -0.3 is 10.2 Å². The summed E-state index contributed by atoms with van der Waals surface area (Å²) in [5.41, 5.74) is 1.43. The van der Waals surface area contributed by atoms with Gasteiger partial charge in [0.15, 0.2) is 5.96 Å². The lowest BCUT2D eigenvalue weighted by atomic mass is 9.82. The number of hydrogen-bond donors (Lipinski definition) is 1. The van der Waals surface area contributed by atoms with E-state index in [0.29, 0.717) is 31.5 Å².